The molecule has 0 aliphatic heterocycles. The predicted octanol–water partition coefficient (Wildman–Crippen LogP) is 4.90. The second kappa shape index (κ2) is 7.54. The second-order valence-electron chi connectivity index (χ2n) is 5.91. The van der Waals surface area contributed by atoms with Gasteiger partial charge in [0.2, 0.25) is 5.89 Å². The summed E-state index contributed by atoms with van der Waals surface area (Å²) in [5, 5.41) is 2.55. The van der Waals surface area contributed by atoms with E-state index in [-0.39, 0.29) is 5.56 Å². The molecule has 3 heterocycles. The van der Waals surface area contributed by atoms with Crippen LogP contribution in [-0.4, -0.2) is 14.5 Å². The van der Waals surface area contributed by atoms with Gasteiger partial charge in [0.15, 0.2) is 5.16 Å². The fourth-order valence-corrected chi connectivity index (χ4v) is 4.51. The highest BCUT2D eigenvalue weighted by atomic mass is 32.2. The summed E-state index contributed by atoms with van der Waals surface area (Å²) in [7, 11) is 0. The third kappa shape index (κ3) is 3.48. The van der Waals surface area contributed by atoms with Crippen LogP contribution in [0.25, 0.3) is 21.7 Å². The molecule has 0 fully saturated rings. The molecule has 0 atom stereocenters. The Bertz CT molecular complexity index is 1160. The first-order chi connectivity index (χ1) is 13.2. The summed E-state index contributed by atoms with van der Waals surface area (Å²) in [5.74, 6) is 1.95. The van der Waals surface area contributed by atoms with Crippen LogP contribution in [0.4, 0.5) is 0 Å². The molecule has 5 nitrogen and oxygen atoms in total. The first kappa shape index (κ1) is 17.8. The Morgan fingerprint density at radius 3 is 2.85 bits per heavy atom. The molecular weight excluding hydrogens is 378 g/mol. The molecular formula is C20H17N3O2S2. The molecule has 1 aromatic carbocycles. The number of aromatic nitrogens is 3. The van der Waals surface area contributed by atoms with E-state index < -0.39 is 0 Å². The number of aryl methyl sites for hydroxylation is 1. The number of fused-ring (bicyclic) bond motifs is 1. The van der Waals surface area contributed by atoms with Gasteiger partial charge in [0.25, 0.3) is 5.56 Å². The lowest BCUT2D eigenvalue weighted by Gasteiger charge is -2.09. The summed E-state index contributed by atoms with van der Waals surface area (Å²) in [6.45, 7) is 6.08. The monoisotopic (exact) mass is 395 g/mol. The first-order valence-corrected chi connectivity index (χ1v) is 10.3. The van der Waals surface area contributed by atoms with Crippen LogP contribution in [0.5, 0.6) is 0 Å². The van der Waals surface area contributed by atoms with Crippen LogP contribution >= 0.6 is 23.1 Å². The van der Waals surface area contributed by atoms with Crippen LogP contribution in [-0.2, 0) is 12.3 Å². The average Bonchev–Trinajstić information content (AvgIpc) is 3.30. The minimum Gasteiger partial charge on any atom is -0.441 e. The zero-order chi connectivity index (χ0) is 18.8. The van der Waals surface area contributed by atoms with E-state index in [1.165, 1.54) is 23.1 Å². The molecule has 3 aromatic heterocycles. The second-order valence-corrected chi connectivity index (χ2v) is 7.77. The van der Waals surface area contributed by atoms with E-state index in [0.717, 1.165) is 22.5 Å². The van der Waals surface area contributed by atoms with Crippen molar-refractivity contribution in [3.05, 3.63) is 76.2 Å². The minimum absolute atomic E-state index is 0.0285. The van der Waals surface area contributed by atoms with Gasteiger partial charge >= 0.3 is 0 Å². The van der Waals surface area contributed by atoms with Crippen molar-refractivity contribution in [2.75, 3.05) is 0 Å². The molecule has 0 spiro atoms. The van der Waals surface area contributed by atoms with Crippen LogP contribution in [0.1, 0.15) is 11.5 Å². The number of hydrogen-bond donors (Lipinski definition) is 0. The van der Waals surface area contributed by atoms with Crippen LogP contribution in [0.15, 0.2) is 68.8 Å². The molecule has 0 unspecified atom stereocenters. The van der Waals surface area contributed by atoms with Crippen LogP contribution < -0.4 is 5.56 Å². The van der Waals surface area contributed by atoms with Crippen molar-refractivity contribution in [1.29, 1.82) is 0 Å². The molecule has 0 N–H and O–H groups in total. The fraction of sp³-hybridized carbons (Fsp3) is 0.150. The van der Waals surface area contributed by atoms with Crippen molar-refractivity contribution < 1.29 is 4.42 Å². The largest absolute Gasteiger partial charge is 0.441 e. The molecule has 4 aromatic rings. The molecule has 0 aliphatic carbocycles. The van der Waals surface area contributed by atoms with Crippen LogP contribution in [0, 0.1) is 6.92 Å². The van der Waals surface area contributed by atoms with Gasteiger partial charge in [0, 0.05) is 17.9 Å². The molecule has 0 aliphatic rings. The Hall–Kier alpha value is -2.64. The van der Waals surface area contributed by atoms with Gasteiger partial charge in [-0.05, 0) is 30.5 Å². The molecule has 0 saturated carbocycles. The van der Waals surface area contributed by atoms with Crippen molar-refractivity contribution >= 4 is 33.3 Å². The van der Waals surface area contributed by atoms with Gasteiger partial charge in [0.1, 0.15) is 10.5 Å². The molecule has 0 radical (unpaired) electrons. The lowest BCUT2D eigenvalue weighted by Crippen LogP contribution is -2.21. The van der Waals surface area contributed by atoms with Crippen molar-refractivity contribution in [2.24, 2.45) is 0 Å². The van der Waals surface area contributed by atoms with Gasteiger partial charge in [-0.15, -0.1) is 17.9 Å². The maximum absolute atomic E-state index is 12.7. The van der Waals surface area contributed by atoms with Crippen molar-refractivity contribution in [3.8, 4) is 11.5 Å². The Morgan fingerprint density at radius 1 is 1.26 bits per heavy atom. The number of oxazole rings is 1. The summed E-state index contributed by atoms with van der Waals surface area (Å²) in [5.41, 5.74) is 2.50. The zero-order valence-corrected chi connectivity index (χ0v) is 16.3. The molecule has 7 heteroatoms. The quantitative estimate of drug-likeness (QED) is 0.264. The molecule has 27 heavy (non-hydrogen) atoms. The van der Waals surface area contributed by atoms with Crippen LogP contribution in [0.2, 0.25) is 0 Å². The van der Waals surface area contributed by atoms with Gasteiger partial charge in [-0.25, -0.2) is 9.97 Å². The summed E-state index contributed by atoms with van der Waals surface area (Å²) in [4.78, 5) is 22.0. The number of allylic oxidation sites excluding steroid dienone is 1. The van der Waals surface area contributed by atoms with Gasteiger partial charge in [-0.3, -0.25) is 9.36 Å². The molecule has 4 rings (SSSR count). The highest BCUT2D eigenvalue weighted by Crippen LogP contribution is 2.27. The van der Waals surface area contributed by atoms with Crippen LogP contribution in [0.3, 0.4) is 0 Å². The minimum atomic E-state index is -0.0285. The third-order valence-corrected chi connectivity index (χ3v) is 5.97. The van der Waals surface area contributed by atoms with E-state index in [1.54, 1.807) is 10.6 Å². The van der Waals surface area contributed by atoms with Gasteiger partial charge < -0.3 is 4.42 Å². The molecule has 0 amide bonds. The Labute approximate surface area is 164 Å². The van der Waals surface area contributed by atoms with Gasteiger partial charge in [-0.2, -0.15) is 0 Å². The zero-order valence-electron chi connectivity index (χ0n) is 14.7. The van der Waals surface area contributed by atoms with Crippen molar-refractivity contribution in [2.45, 2.75) is 24.4 Å². The summed E-state index contributed by atoms with van der Waals surface area (Å²) >= 11 is 2.90. The number of hydrogen-bond acceptors (Lipinski definition) is 6. The molecule has 0 saturated heterocycles. The standard InChI is InChI=1S/C20H17N3O2S2/c1-3-10-23-19(24)17-15(9-11-26-17)22-20(23)27-12-16-13(2)25-18(21-16)14-7-5-4-6-8-14/h3-9,11H,1,10,12H2,2H3. The lowest BCUT2D eigenvalue weighted by molar-refractivity contribution is 0.540. The van der Waals surface area contributed by atoms with E-state index in [4.69, 9.17) is 4.42 Å². The SMILES string of the molecule is C=CCn1c(SCc2nc(-c3ccccc3)oc2C)nc2ccsc2c1=O. The highest BCUT2D eigenvalue weighted by molar-refractivity contribution is 7.98. The Balaban J connectivity index is 1.64. The van der Waals surface area contributed by atoms with E-state index in [2.05, 4.69) is 16.5 Å². The maximum Gasteiger partial charge on any atom is 0.272 e. The summed E-state index contributed by atoms with van der Waals surface area (Å²) in [6.07, 6.45) is 1.71. The van der Waals surface area contributed by atoms with E-state index >= 15 is 0 Å². The topological polar surface area (TPSA) is 60.9 Å². The third-order valence-electron chi connectivity index (χ3n) is 4.09. The van der Waals surface area contributed by atoms with Crippen molar-refractivity contribution in [1.82, 2.24) is 14.5 Å². The first-order valence-electron chi connectivity index (χ1n) is 8.41. The number of thiophene rings is 1. The van der Waals surface area contributed by atoms with E-state index in [9.17, 15) is 4.79 Å². The number of thioether (sulfide) groups is 1. The van der Waals surface area contributed by atoms with Gasteiger partial charge in [0.05, 0.1) is 11.2 Å². The lowest BCUT2D eigenvalue weighted by atomic mass is 10.2. The van der Waals surface area contributed by atoms with E-state index in [0.29, 0.717) is 28.0 Å². The van der Waals surface area contributed by atoms with E-state index in [1.807, 2.05) is 48.7 Å². The smallest absolute Gasteiger partial charge is 0.272 e. The summed E-state index contributed by atoms with van der Waals surface area (Å²) in [6, 6.07) is 11.7. The number of benzene rings is 1. The Kier molecular flexibility index (Phi) is 4.96. The van der Waals surface area contributed by atoms with Crippen molar-refractivity contribution in [3.63, 3.8) is 0 Å². The molecule has 136 valence electrons. The predicted molar refractivity (Wildman–Crippen MR) is 110 cm³/mol. The van der Waals surface area contributed by atoms with Gasteiger partial charge in [-0.1, -0.05) is 36.0 Å². The maximum atomic E-state index is 12.7. The number of nitrogens with zero attached hydrogens (tertiary/aromatic N) is 3. The number of rotatable bonds is 6. The highest BCUT2D eigenvalue weighted by Gasteiger charge is 2.15. The molecule has 0 bridgehead atoms. The fourth-order valence-electron chi connectivity index (χ4n) is 2.72. The normalized spacial score (nSPS) is 11.1. The summed E-state index contributed by atoms with van der Waals surface area (Å²) < 4.78 is 8.15. The average molecular weight is 396 g/mol. The Morgan fingerprint density at radius 2 is 2.07 bits per heavy atom.